The smallest absolute Gasteiger partial charge is 0.303 e. The van der Waals surface area contributed by atoms with Gasteiger partial charge in [0.2, 0.25) is 0 Å². The number of benzene rings is 1. The Hall–Kier alpha value is -1.38. The van der Waals surface area contributed by atoms with Gasteiger partial charge >= 0.3 is 5.97 Å². The average Bonchev–Trinajstić information content (AvgIpc) is 2.85. The van der Waals surface area contributed by atoms with Crippen molar-refractivity contribution in [2.45, 2.75) is 25.4 Å². The van der Waals surface area contributed by atoms with E-state index in [4.69, 9.17) is 4.74 Å². The van der Waals surface area contributed by atoms with E-state index in [-0.39, 0.29) is 11.8 Å². The van der Waals surface area contributed by atoms with Crippen LogP contribution < -0.4 is 0 Å². The number of esters is 1. The van der Waals surface area contributed by atoms with Gasteiger partial charge in [-0.25, -0.2) is 4.39 Å². The molecule has 0 atom stereocenters. The zero-order valence-electron chi connectivity index (χ0n) is 7.92. The topological polar surface area (TPSA) is 26.3 Å². The molecular formula is C11H11FO2. The summed E-state index contributed by atoms with van der Waals surface area (Å²) in [5.74, 6) is -0.556. The van der Waals surface area contributed by atoms with Crippen LogP contribution >= 0.6 is 0 Å². The minimum Gasteiger partial charge on any atom is -0.454 e. The average molecular weight is 194 g/mol. The molecule has 1 saturated carbocycles. The Kier molecular flexibility index (Phi) is 2.02. The van der Waals surface area contributed by atoms with E-state index in [1.807, 2.05) is 0 Å². The molecule has 1 aliphatic carbocycles. The van der Waals surface area contributed by atoms with E-state index < -0.39 is 5.60 Å². The number of rotatable bonds is 2. The second-order valence-corrected chi connectivity index (χ2v) is 3.59. The first kappa shape index (κ1) is 9.19. The van der Waals surface area contributed by atoms with Crippen molar-refractivity contribution < 1.29 is 13.9 Å². The van der Waals surface area contributed by atoms with Crippen molar-refractivity contribution in [2.24, 2.45) is 0 Å². The van der Waals surface area contributed by atoms with Crippen LogP contribution in [0.2, 0.25) is 0 Å². The Balaban J connectivity index is 2.22. The van der Waals surface area contributed by atoms with Crippen molar-refractivity contribution in [2.75, 3.05) is 0 Å². The lowest BCUT2D eigenvalue weighted by Crippen LogP contribution is -2.15. The largest absolute Gasteiger partial charge is 0.454 e. The molecule has 0 N–H and O–H groups in total. The van der Waals surface area contributed by atoms with Crippen LogP contribution in [0.15, 0.2) is 24.3 Å². The van der Waals surface area contributed by atoms with Crippen LogP contribution in [0, 0.1) is 5.82 Å². The second kappa shape index (κ2) is 3.08. The minimum atomic E-state index is -0.459. The van der Waals surface area contributed by atoms with Crippen LogP contribution in [0.4, 0.5) is 4.39 Å². The lowest BCUT2D eigenvalue weighted by molar-refractivity contribution is -0.149. The summed E-state index contributed by atoms with van der Waals surface area (Å²) in [5.41, 5.74) is 0.425. The second-order valence-electron chi connectivity index (χ2n) is 3.59. The lowest BCUT2D eigenvalue weighted by atomic mass is 10.1. The number of halogens is 1. The van der Waals surface area contributed by atoms with Crippen LogP contribution in [-0.4, -0.2) is 5.97 Å². The molecular weight excluding hydrogens is 183 g/mol. The van der Waals surface area contributed by atoms with Crippen molar-refractivity contribution in [1.82, 2.24) is 0 Å². The highest BCUT2D eigenvalue weighted by Crippen LogP contribution is 2.49. The summed E-state index contributed by atoms with van der Waals surface area (Å²) in [6, 6.07) is 6.12. The Bertz CT molecular complexity index is 352. The standard InChI is InChI=1S/C11H11FO2/c1-8(13)14-11(6-7-11)9-2-4-10(12)5-3-9/h2-5H,6-7H2,1H3. The fourth-order valence-corrected chi connectivity index (χ4v) is 1.59. The number of ether oxygens (including phenoxy) is 1. The normalized spacial score (nSPS) is 17.6. The van der Waals surface area contributed by atoms with Gasteiger partial charge in [0.1, 0.15) is 11.4 Å². The quantitative estimate of drug-likeness (QED) is 0.675. The molecule has 1 fully saturated rings. The Morgan fingerprint density at radius 2 is 1.93 bits per heavy atom. The number of carbonyl (C=O) groups is 1. The van der Waals surface area contributed by atoms with E-state index >= 15 is 0 Å². The first-order chi connectivity index (χ1) is 6.62. The van der Waals surface area contributed by atoms with Gasteiger partial charge in [-0.2, -0.15) is 0 Å². The summed E-state index contributed by atoms with van der Waals surface area (Å²) >= 11 is 0. The maximum atomic E-state index is 12.7. The third kappa shape index (κ3) is 1.62. The highest BCUT2D eigenvalue weighted by Gasteiger charge is 2.47. The Morgan fingerprint density at radius 1 is 1.36 bits per heavy atom. The van der Waals surface area contributed by atoms with Gasteiger partial charge in [-0.1, -0.05) is 12.1 Å². The van der Waals surface area contributed by atoms with Crippen LogP contribution in [0.1, 0.15) is 25.3 Å². The van der Waals surface area contributed by atoms with Crippen molar-refractivity contribution in [3.63, 3.8) is 0 Å². The number of hydrogen-bond donors (Lipinski definition) is 0. The molecule has 0 aliphatic heterocycles. The molecule has 0 saturated heterocycles. The molecule has 2 rings (SSSR count). The molecule has 0 aromatic heterocycles. The number of carbonyl (C=O) groups excluding carboxylic acids is 1. The first-order valence-electron chi connectivity index (χ1n) is 4.58. The SMILES string of the molecule is CC(=O)OC1(c2ccc(F)cc2)CC1. The monoisotopic (exact) mass is 194 g/mol. The fraction of sp³-hybridized carbons (Fsp3) is 0.364. The molecule has 0 spiro atoms. The maximum absolute atomic E-state index is 12.7. The molecule has 1 aromatic carbocycles. The van der Waals surface area contributed by atoms with Crippen molar-refractivity contribution in [3.8, 4) is 0 Å². The Labute approximate surface area is 81.7 Å². The third-order valence-electron chi connectivity index (χ3n) is 2.41. The summed E-state index contributed by atoms with van der Waals surface area (Å²) < 4.78 is 17.9. The van der Waals surface area contributed by atoms with E-state index in [1.165, 1.54) is 19.1 Å². The summed E-state index contributed by atoms with van der Waals surface area (Å²) in [6.45, 7) is 1.39. The van der Waals surface area contributed by atoms with Crippen LogP contribution in [-0.2, 0) is 15.1 Å². The predicted molar refractivity (Wildman–Crippen MR) is 49.1 cm³/mol. The van der Waals surface area contributed by atoms with Gasteiger partial charge in [-0.05, 0) is 30.5 Å². The van der Waals surface area contributed by atoms with Gasteiger partial charge < -0.3 is 4.74 Å². The molecule has 0 heterocycles. The third-order valence-corrected chi connectivity index (χ3v) is 2.41. The van der Waals surface area contributed by atoms with Gasteiger partial charge in [0.25, 0.3) is 0 Å². The summed E-state index contributed by atoms with van der Waals surface area (Å²) in [4.78, 5) is 10.8. The van der Waals surface area contributed by atoms with Gasteiger partial charge in [0, 0.05) is 6.92 Å². The molecule has 14 heavy (non-hydrogen) atoms. The van der Waals surface area contributed by atoms with E-state index in [9.17, 15) is 9.18 Å². The van der Waals surface area contributed by atoms with E-state index in [2.05, 4.69) is 0 Å². The molecule has 1 aromatic rings. The highest BCUT2D eigenvalue weighted by molar-refractivity contribution is 5.67. The maximum Gasteiger partial charge on any atom is 0.303 e. The van der Waals surface area contributed by atoms with E-state index in [0.717, 1.165) is 18.4 Å². The minimum absolute atomic E-state index is 0.271. The van der Waals surface area contributed by atoms with Gasteiger partial charge in [-0.15, -0.1) is 0 Å². The van der Waals surface area contributed by atoms with Gasteiger partial charge in [-0.3, -0.25) is 4.79 Å². The molecule has 1 aliphatic rings. The first-order valence-corrected chi connectivity index (χ1v) is 4.58. The molecule has 2 nitrogen and oxygen atoms in total. The molecule has 0 unspecified atom stereocenters. The van der Waals surface area contributed by atoms with Gasteiger partial charge in [0.15, 0.2) is 0 Å². The molecule has 0 amide bonds. The molecule has 3 heteroatoms. The predicted octanol–water partition coefficient (Wildman–Crippen LogP) is 2.38. The van der Waals surface area contributed by atoms with Gasteiger partial charge in [0.05, 0.1) is 0 Å². The Morgan fingerprint density at radius 3 is 2.36 bits per heavy atom. The van der Waals surface area contributed by atoms with Crippen LogP contribution in [0.3, 0.4) is 0 Å². The van der Waals surface area contributed by atoms with Crippen LogP contribution in [0.5, 0.6) is 0 Å². The molecule has 74 valence electrons. The number of hydrogen-bond acceptors (Lipinski definition) is 2. The van der Waals surface area contributed by atoms with E-state index in [1.54, 1.807) is 12.1 Å². The summed E-state index contributed by atoms with van der Waals surface area (Å²) in [7, 11) is 0. The molecule has 0 bridgehead atoms. The lowest BCUT2D eigenvalue weighted by Gasteiger charge is -2.15. The van der Waals surface area contributed by atoms with Crippen LogP contribution in [0.25, 0.3) is 0 Å². The fourth-order valence-electron chi connectivity index (χ4n) is 1.59. The highest BCUT2D eigenvalue weighted by atomic mass is 19.1. The van der Waals surface area contributed by atoms with E-state index in [0.29, 0.717) is 0 Å². The molecule has 0 radical (unpaired) electrons. The van der Waals surface area contributed by atoms with Crippen molar-refractivity contribution in [3.05, 3.63) is 35.6 Å². The summed E-state index contributed by atoms with van der Waals surface area (Å²) in [5, 5.41) is 0. The van der Waals surface area contributed by atoms with Crippen molar-refractivity contribution >= 4 is 5.97 Å². The van der Waals surface area contributed by atoms with Crippen molar-refractivity contribution in [1.29, 1.82) is 0 Å². The summed E-state index contributed by atoms with van der Waals surface area (Å²) in [6.07, 6.45) is 1.66. The zero-order chi connectivity index (χ0) is 10.2. The zero-order valence-corrected chi connectivity index (χ0v) is 7.92.